The van der Waals surface area contributed by atoms with Crippen LogP contribution in [0.25, 0.3) is 0 Å². The van der Waals surface area contributed by atoms with Gasteiger partial charge < -0.3 is 4.74 Å². The SMILES string of the molecule is COC(=O)CSc1cc(Br)ncn1. The lowest BCUT2D eigenvalue weighted by Gasteiger charge is -1.98. The maximum atomic E-state index is 10.8. The zero-order valence-electron chi connectivity index (χ0n) is 6.86. The Morgan fingerprint density at radius 3 is 3.08 bits per heavy atom. The van der Waals surface area contributed by atoms with E-state index in [1.165, 1.54) is 25.2 Å². The summed E-state index contributed by atoms with van der Waals surface area (Å²) in [5, 5.41) is 0.743. The molecule has 1 aromatic heterocycles. The van der Waals surface area contributed by atoms with Crippen LogP contribution in [-0.2, 0) is 9.53 Å². The van der Waals surface area contributed by atoms with Crippen LogP contribution < -0.4 is 0 Å². The standard InChI is InChI=1S/C7H7BrN2O2S/c1-12-7(11)3-13-6-2-5(8)9-4-10-6/h2,4H,3H2,1H3. The van der Waals surface area contributed by atoms with Gasteiger partial charge in [0.05, 0.1) is 12.9 Å². The van der Waals surface area contributed by atoms with Gasteiger partial charge in [-0.15, -0.1) is 0 Å². The molecule has 1 rings (SSSR count). The van der Waals surface area contributed by atoms with Gasteiger partial charge in [-0.1, -0.05) is 11.8 Å². The molecule has 0 aliphatic carbocycles. The van der Waals surface area contributed by atoms with Crippen LogP contribution in [-0.4, -0.2) is 28.8 Å². The lowest BCUT2D eigenvalue weighted by atomic mass is 10.7. The maximum Gasteiger partial charge on any atom is 0.316 e. The summed E-state index contributed by atoms with van der Waals surface area (Å²) in [4.78, 5) is 18.6. The lowest BCUT2D eigenvalue weighted by molar-refractivity contribution is -0.137. The molecule has 0 aliphatic heterocycles. The first kappa shape index (κ1) is 10.5. The van der Waals surface area contributed by atoms with Crippen molar-refractivity contribution in [3.63, 3.8) is 0 Å². The molecule has 0 radical (unpaired) electrons. The van der Waals surface area contributed by atoms with Crippen molar-refractivity contribution in [2.45, 2.75) is 5.03 Å². The Hall–Kier alpha value is -0.620. The summed E-state index contributed by atoms with van der Waals surface area (Å²) in [6.07, 6.45) is 1.43. The van der Waals surface area contributed by atoms with Gasteiger partial charge in [0, 0.05) is 6.07 Å². The summed E-state index contributed by atoms with van der Waals surface area (Å²) < 4.78 is 5.19. The van der Waals surface area contributed by atoms with Crippen LogP contribution in [0.5, 0.6) is 0 Å². The Labute approximate surface area is 88.2 Å². The molecule has 70 valence electrons. The normalized spacial score (nSPS) is 9.69. The molecular weight excluding hydrogens is 256 g/mol. The molecule has 0 N–H and O–H groups in total. The monoisotopic (exact) mass is 262 g/mol. The Morgan fingerprint density at radius 1 is 1.69 bits per heavy atom. The molecule has 0 atom stereocenters. The van der Waals surface area contributed by atoms with Crippen LogP contribution in [0.2, 0.25) is 0 Å². The minimum absolute atomic E-state index is 0.264. The maximum absolute atomic E-state index is 10.8. The van der Waals surface area contributed by atoms with Crippen LogP contribution in [0.3, 0.4) is 0 Å². The summed E-state index contributed by atoms with van der Waals surface area (Å²) in [7, 11) is 1.36. The molecule has 1 aromatic rings. The van der Waals surface area contributed by atoms with Crippen LogP contribution in [0.1, 0.15) is 0 Å². The van der Waals surface area contributed by atoms with E-state index in [2.05, 4.69) is 30.6 Å². The van der Waals surface area contributed by atoms with Gasteiger partial charge in [0.2, 0.25) is 0 Å². The van der Waals surface area contributed by atoms with Gasteiger partial charge in [0.15, 0.2) is 0 Å². The molecule has 0 spiro atoms. The van der Waals surface area contributed by atoms with Gasteiger partial charge in [-0.3, -0.25) is 4.79 Å². The summed E-state index contributed by atoms with van der Waals surface area (Å²) in [6.45, 7) is 0. The van der Waals surface area contributed by atoms with Crippen molar-refractivity contribution in [1.29, 1.82) is 0 Å². The summed E-state index contributed by atoms with van der Waals surface area (Å²) in [6, 6.07) is 1.74. The van der Waals surface area contributed by atoms with Gasteiger partial charge >= 0.3 is 5.97 Å². The molecule has 0 aliphatic rings. The number of hydrogen-bond donors (Lipinski definition) is 0. The summed E-state index contributed by atoms with van der Waals surface area (Å²) >= 11 is 4.52. The first-order valence-electron chi connectivity index (χ1n) is 3.39. The van der Waals surface area contributed by atoms with Crippen molar-refractivity contribution in [2.24, 2.45) is 0 Å². The number of ether oxygens (including phenoxy) is 1. The molecule has 1 heterocycles. The van der Waals surface area contributed by atoms with Gasteiger partial charge in [-0.25, -0.2) is 9.97 Å². The Kier molecular flexibility index (Phi) is 4.17. The van der Waals surface area contributed by atoms with Crippen LogP contribution in [0, 0.1) is 0 Å². The minimum Gasteiger partial charge on any atom is -0.468 e. The van der Waals surface area contributed by atoms with Gasteiger partial charge in [-0.05, 0) is 15.9 Å². The average molecular weight is 263 g/mol. The van der Waals surface area contributed by atoms with E-state index in [1.807, 2.05) is 0 Å². The number of halogens is 1. The second-order valence-electron chi connectivity index (χ2n) is 2.04. The Morgan fingerprint density at radius 2 is 2.46 bits per heavy atom. The van der Waals surface area contributed by atoms with Gasteiger partial charge in [0.25, 0.3) is 0 Å². The van der Waals surface area contributed by atoms with E-state index in [-0.39, 0.29) is 11.7 Å². The third-order valence-corrected chi connectivity index (χ3v) is 2.51. The number of hydrogen-bond acceptors (Lipinski definition) is 5. The molecule has 0 bridgehead atoms. The van der Waals surface area contributed by atoms with Crippen molar-refractivity contribution in [3.05, 3.63) is 17.0 Å². The zero-order chi connectivity index (χ0) is 9.68. The highest BCUT2D eigenvalue weighted by Crippen LogP contribution is 2.17. The van der Waals surface area contributed by atoms with E-state index in [9.17, 15) is 4.79 Å². The number of carbonyl (C=O) groups is 1. The lowest BCUT2D eigenvalue weighted by Crippen LogP contribution is -2.03. The summed E-state index contributed by atoms with van der Waals surface area (Å²) in [5.74, 6) is -0.000292. The minimum atomic E-state index is -0.264. The Bertz CT molecular complexity index is 308. The number of esters is 1. The first-order chi connectivity index (χ1) is 6.22. The van der Waals surface area contributed by atoms with Crippen molar-refractivity contribution in [2.75, 3.05) is 12.9 Å². The molecule has 13 heavy (non-hydrogen) atoms. The number of carbonyl (C=O) groups excluding carboxylic acids is 1. The predicted molar refractivity (Wildman–Crippen MR) is 52.5 cm³/mol. The van der Waals surface area contributed by atoms with Crippen LogP contribution in [0.4, 0.5) is 0 Å². The first-order valence-corrected chi connectivity index (χ1v) is 5.17. The van der Waals surface area contributed by atoms with E-state index < -0.39 is 0 Å². The molecule has 0 unspecified atom stereocenters. The fourth-order valence-electron chi connectivity index (χ4n) is 0.588. The van der Waals surface area contributed by atoms with Crippen LogP contribution in [0.15, 0.2) is 22.0 Å². The number of thioether (sulfide) groups is 1. The quantitative estimate of drug-likeness (QED) is 0.470. The molecule has 0 fully saturated rings. The van der Waals surface area contributed by atoms with Crippen molar-refractivity contribution in [1.82, 2.24) is 9.97 Å². The molecule has 0 aromatic carbocycles. The number of methoxy groups -OCH3 is 1. The third kappa shape index (κ3) is 3.73. The highest BCUT2D eigenvalue weighted by molar-refractivity contribution is 9.10. The van der Waals surface area contributed by atoms with Gasteiger partial charge in [-0.2, -0.15) is 0 Å². The second-order valence-corrected chi connectivity index (χ2v) is 3.85. The molecule has 0 saturated heterocycles. The third-order valence-electron chi connectivity index (χ3n) is 1.17. The van der Waals surface area contributed by atoms with Gasteiger partial charge in [0.1, 0.15) is 16.0 Å². The summed E-state index contributed by atoms with van der Waals surface area (Å²) in [5.41, 5.74) is 0. The molecule has 0 amide bonds. The topological polar surface area (TPSA) is 52.1 Å². The van der Waals surface area contributed by atoms with Crippen LogP contribution >= 0.6 is 27.7 Å². The van der Waals surface area contributed by atoms with Crippen molar-refractivity contribution < 1.29 is 9.53 Å². The van der Waals surface area contributed by atoms with Crippen molar-refractivity contribution in [3.8, 4) is 0 Å². The highest BCUT2D eigenvalue weighted by Gasteiger charge is 2.03. The van der Waals surface area contributed by atoms with E-state index in [0.717, 1.165) is 5.03 Å². The van der Waals surface area contributed by atoms with E-state index >= 15 is 0 Å². The fourth-order valence-corrected chi connectivity index (χ4v) is 1.75. The molecular formula is C7H7BrN2O2S. The molecule has 6 heteroatoms. The van der Waals surface area contributed by atoms with E-state index in [4.69, 9.17) is 0 Å². The van der Waals surface area contributed by atoms with Crippen molar-refractivity contribution >= 4 is 33.7 Å². The van der Waals surface area contributed by atoms with E-state index in [1.54, 1.807) is 6.07 Å². The largest absolute Gasteiger partial charge is 0.468 e. The second kappa shape index (κ2) is 5.18. The molecule has 4 nitrogen and oxygen atoms in total. The average Bonchev–Trinajstić information content (AvgIpc) is 2.14. The molecule has 0 saturated carbocycles. The number of nitrogens with zero attached hydrogens (tertiary/aromatic N) is 2. The zero-order valence-corrected chi connectivity index (χ0v) is 9.26. The predicted octanol–water partition coefficient (Wildman–Crippen LogP) is 1.50. The number of rotatable bonds is 3. The Balaban J connectivity index is 2.50. The smallest absolute Gasteiger partial charge is 0.316 e. The fraction of sp³-hybridized carbons (Fsp3) is 0.286. The van der Waals surface area contributed by atoms with E-state index in [0.29, 0.717) is 4.60 Å². The number of aromatic nitrogens is 2. The highest BCUT2D eigenvalue weighted by atomic mass is 79.9.